The maximum atomic E-state index is 15.1. The molecule has 0 bridgehead atoms. The molecule has 1 amide bonds. The van der Waals surface area contributed by atoms with Crippen molar-refractivity contribution in [2.24, 2.45) is 0 Å². The minimum Gasteiger partial charge on any atom is -0.505 e. The molecule has 41 heavy (non-hydrogen) atoms. The Kier molecular flexibility index (Phi) is 6.90. The molecule has 13 heteroatoms. The minimum atomic E-state index is -1.41. The summed E-state index contributed by atoms with van der Waals surface area (Å²) in [7, 11) is 2.06. The Hall–Kier alpha value is -4.03. The first-order valence-corrected chi connectivity index (χ1v) is 13.7. The summed E-state index contributed by atoms with van der Waals surface area (Å²) in [5.41, 5.74) is 0.178. The van der Waals surface area contributed by atoms with E-state index < -0.39 is 28.9 Å². The van der Waals surface area contributed by atoms with E-state index in [0.29, 0.717) is 30.3 Å². The zero-order valence-corrected chi connectivity index (χ0v) is 23.3. The molecule has 1 saturated heterocycles. The van der Waals surface area contributed by atoms with Gasteiger partial charge in [-0.3, -0.25) is 14.2 Å². The summed E-state index contributed by atoms with van der Waals surface area (Å²) in [5.74, 6) is -2.69. The van der Waals surface area contributed by atoms with Gasteiger partial charge in [0.2, 0.25) is 11.7 Å². The van der Waals surface area contributed by atoms with Crippen molar-refractivity contribution in [3.05, 3.63) is 62.9 Å². The fraction of sp³-hybridized carbons (Fsp3) is 0.357. The van der Waals surface area contributed by atoms with Crippen LogP contribution in [0, 0.1) is 18.6 Å². The molecule has 0 saturated carbocycles. The number of carbonyl (C=O) groups excluding carboxylic acids is 1. The number of carbonyl (C=O) groups is 1. The van der Waals surface area contributed by atoms with Crippen molar-refractivity contribution in [2.45, 2.75) is 32.9 Å². The van der Waals surface area contributed by atoms with Gasteiger partial charge >= 0.3 is 0 Å². The van der Waals surface area contributed by atoms with Crippen LogP contribution in [0.4, 0.5) is 20.3 Å². The van der Waals surface area contributed by atoms with Crippen LogP contribution in [-0.4, -0.2) is 68.2 Å². The number of aryl methyl sites for hydroxylation is 2. The summed E-state index contributed by atoms with van der Waals surface area (Å²) >= 11 is 6.36. The van der Waals surface area contributed by atoms with E-state index in [2.05, 4.69) is 32.1 Å². The van der Waals surface area contributed by atoms with Crippen LogP contribution in [0.25, 0.3) is 22.2 Å². The number of amides is 1. The van der Waals surface area contributed by atoms with Gasteiger partial charge in [0, 0.05) is 62.5 Å². The number of phenols is 1. The first-order chi connectivity index (χ1) is 19.6. The van der Waals surface area contributed by atoms with E-state index >= 15 is 4.39 Å². The zero-order valence-electron chi connectivity index (χ0n) is 22.5. The molecule has 2 aliphatic rings. The van der Waals surface area contributed by atoms with Gasteiger partial charge in [-0.15, -0.1) is 0 Å². The Balaban J connectivity index is 1.37. The van der Waals surface area contributed by atoms with E-state index in [0.717, 1.165) is 32.6 Å². The second kappa shape index (κ2) is 10.4. The van der Waals surface area contributed by atoms with Gasteiger partial charge in [-0.2, -0.15) is 4.39 Å². The maximum Gasteiger partial charge on any atom is 0.263 e. The third-order valence-electron chi connectivity index (χ3n) is 7.76. The fourth-order valence-electron chi connectivity index (χ4n) is 5.47. The van der Waals surface area contributed by atoms with Crippen LogP contribution in [0.2, 0.25) is 5.02 Å². The first-order valence-electron chi connectivity index (χ1n) is 13.3. The molecular weight excluding hydrogens is 556 g/mol. The molecule has 1 fully saturated rings. The van der Waals surface area contributed by atoms with Crippen LogP contribution in [0.15, 0.2) is 29.3 Å². The number of rotatable bonds is 5. The lowest BCUT2D eigenvalue weighted by molar-refractivity contribution is -0.116. The highest BCUT2D eigenvalue weighted by molar-refractivity contribution is 6.33. The monoisotopic (exact) mass is 583 g/mol. The van der Waals surface area contributed by atoms with Crippen LogP contribution >= 0.6 is 11.6 Å². The molecule has 0 radical (unpaired) electrons. The fourth-order valence-corrected chi connectivity index (χ4v) is 5.62. The molecule has 2 aliphatic heterocycles. The predicted molar refractivity (Wildman–Crippen MR) is 152 cm³/mol. The van der Waals surface area contributed by atoms with Gasteiger partial charge in [-0.25, -0.2) is 14.4 Å². The number of fused-ring (bicyclic) bond motifs is 2. The molecule has 5 heterocycles. The number of anilines is 2. The Morgan fingerprint density at radius 1 is 1.12 bits per heavy atom. The summed E-state index contributed by atoms with van der Waals surface area (Å²) < 4.78 is 32.6. The summed E-state index contributed by atoms with van der Waals surface area (Å²) in [6, 6.07) is 3.00. The topological polar surface area (TPSA) is 109 Å². The minimum absolute atomic E-state index is 0.0751. The molecule has 0 spiro atoms. The highest BCUT2D eigenvalue weighted by Gasteiger charge is 2.26. The molecule has 1 aromatic carbocycles. The summed E-state index contributed by atoms with van der Waals surface area (Å²) in [4.78, 5) is 40.2. The number of nitrogens with one attached hydrogen (secondary N) is 1. The van der Waals surface area contributed by atoms with Crippen LogP contribution in [0.3, 0.4) is 0 Å². The van der Waals surface area contributed by atoms with E-state index in [9.17, 15) is 19.1 Å². The average molecular weight is 584 g/mol. The predicted octanol–water partition coefficient (Wildman–Crippen LogP) is 3.54. The average Bonchev–Trinajstić information content (AvgIpc) is 3.57. The highest BCUT2D eigenvalue weighted by atomic mass is 35.5. The number of hydrogen-bond donors (Lipinski definition) is 2. The number of likely N-dealkylation sites (N-methyl/N-ethyl adjacent to an activating group) is 1. The van der Waals surface area contributed by atoms with Crippen molar-refractivity contribution in [1.29, 1.82) is 0 Å². The summed E-state index contributed by atoms with van der Waals surface area (Å²) in [6.45, 7) is 4.98. The van der Waals surface area contributed by atoms with Gasteiger partial charge in [-0.1, -0.05) is 11.6 Å². The SMILES string of the molecule is Cc1cc(-c2cn(CC(=O)Nc3cc(N4CCN(C)CC4)ncc3Cl)c3nc4n(c(=O)c23)CCC4)c(F)c(F)c1O. The lowest BCUT2D eigenvalue weighted by Crippen LogP contribution is -2.44. The van der Waals surface area contributed by atoms with Crippen LogP contribution < -0.4 is 15.8 Å². The van der Waals surface area contributed by atoms with Crippen LogP contribution in [0.5, 0.6) is 5.75 Å². The number of phenolic OH excluding ortho intramolecular Hbond substituents is 1. The number of aromatic nitrogens is 4. The molecule has 6 rings (SSSR count). The molecule has 4 aromatic rings. The van der Waals surface area contributed by atoms with E-state index in [1.165, 1.54) is 34.5 Å². The van der Waals surface area contributed by atoms with Crippen LogP contribution in [-0.2, 0) is 24.3 Å². The number of halogens is 3. The lowest BCUT2D eigenvalue weighted by atomic mass is 10.0. The first kappa shape index (κ1) is 27.2. The quantitative estimate of drug-likeness (QED) is 0.370. The van der Waals surface area contributed by atoms with Gasteiger partial charge in [0.05, 0.1) is 22.3 Å². The maximum absolute atomic E-state index is 15.1. The van der Waals surface area contributed by atoms with Crippen molar-refractivity contribution in [3.63, 3.8) is 0 Å². The second-order valence-electron chi connectivity index (χ2n) is 10.5. The number of pyridine rings is 1. The molecular formula is C28H28ClF2N7O3. The second-order valence-corrected chi connectivity index (χ2v) is 10.9. The molecule has 3 aromatic heterocycles. The lowest BCUT2D eigenvalue weighted by Gasteiger charge is -2.33. The van der Waals surface area contributed by atoms with Gasteiger partial charge in [0.15, 0.2) is 11.6 Å². The van der Waals surface area contributed by atoms with Crippen molar-refractivity contribution >= 4 is 40.0 Å². The highest BCUT2D eigenvalue weighted by Crippen LogP contribution is 2.36. The van der Waals surface area contributed by atoms with Gasteiger partial charge in [-0.05, 0) is 32.0 Å². The molecule has 10 nitrogen and oxygen atoms in total. The Morgan fingerprint density at radius 2 is 1.88 bits per heavy atom. The molecule has 0 atom stereocenters. The largest absolute Gasteiger partial charge is 0.505 e. The summed E-state index contributed by atoms with van der Waals surface area (Å²) in [6.07, 6.45) is 4.22. The standard InChI is InChI=1S/C28H28ClF2N7O3/c1-15-10-16(24(30)25(31)26(15)40)17-13-37(27-23(17)28(41)38-5-3-4-20(38)34-27)14-22(39)33-19-11-21(32-12-18(19)29)36-8-6-35(2)7-9-36/h10-13,40H,3-9,14H2,1-2H3,(H,32,33,39). The van der Waals surface area contributed by atoms with Crippen molar-refractivity contribution in [2.75, 3.05) is 43.4 Å². The van der Waals surface area contributed by atoms with E-state index in [-0.39, 0.29) is 39.3 Å². The van der Waals surface area contributed by atoms with E-state index in [1.807, 2.05) is 0 Å². The number of piperazine rings is 1. The molecule has 0 unspecified atom stereocenters. The zero-order chi connectivity index (χ0) is 29.0. The number of nitrogens with zero attached hydrogens (tertiary/aromatic N) is 6. The van der Waals surface area contributed by atoms with Crippen molar-refractivity contribution in [3.8, 4) is 16.9 Å². The van der Waals surface area contributed by atoms with E-state index in [1.54, 1.807) is 6.07 Å². The van der Waals surface area contributed by atoms with Gasteiger partial charge < -0.3 is 24.8 Å². The Morgan fingerprint density at radius 3 is 2.63 bits per heavy atom. The number of benzene rings is 1. The normalized spacial score (nSPS) is 15.5. The van der Waals surface area contributed by atoms with Crippen molar-refractivity contribution in [1.82, 2.24) is 24.0 Å². The third-order valence-corrected chi connectivity index (χ3v) is 8.06. The Labute approximate surface area is 238 Å². The van der Waals surface area contributed by atoms with Gasteiger partial charge in [0.1, 0.15) is 23.8 Å². The molecule has 0 aliphatic carbocycles. The Bertz CT molecular complexity index is 1760. The summed E-state index contributed by atoms with van der Waals surface area (Å²) in [5, 5.41) is 13.0. The number of aromatic hydroxyl groups is 1. The molecule has 214 valence electrons. The van der Waals surface area contributed by atoms with Crippen LogP contribution in [0.1, 0.15) is 17.8 Å². The molecule has 2 N–H and O–H groups in total. The smallest absolute Gasteiger partial charge is 0.263 e. The van der Waals surface area contributed by atoms with E-state index in [4.69, 9.17) is 11.6 Å². The van der Waals surface area contributed by atoms with Gasteiger partial charge in [0.25, 0.3) is 5.56 Å². The van der Waals surface area contributed by atoms with Crippen molar-refractivity contribution < 1.29 is 18.7 Å². The third kappa shape index (κ3) is 4.80. The number of hydrogen-bond acceptors (Lipinski definition) is 7.